The Morgan fingerprint density at radius 2 is 1.79 bits per heavy atom. The molecular formula is C15H14NO2S. The van der Waals surface area contributed by atoms with E-state index < -0.39 is 10.0 Å². The molecule has 1 aliphatic heterocycles. The number of anilines is 1. The summed E-state index contributed by atoms with van der Waals surface area (Å²) in [5, 5.41) is 0. The number of benzene rings is 2. The molecule has 1 radical (unpaired) electrons. The predicted octanol–water partition coefficient (Wildman–Crippen LogP) is 2.63. The monoisotopic (exact) mass is 272 g/mol. The molecule has 0 fully saturated rings. The number of hydrogen-bond acceptors (Lipinski definition) is 2. The molecule has 4 heteroatoms. The van der Waals surface area contributed by atoms with Gasteiger partial charge < -0.3 is 0 Å². The Kier molecular flexibility index (Phi) is 3.03. The molecule has 0 amide bonds. The van der Waals surface area contributed by atoms with Gasteiger partial charge in [0.15, 0.2) is 0 Å². The molecule has 2 aromatic rings. The van der Waals surface area contributed by atoms with Crippen molar-refractivity contribution in [1.82, 2.24) is 0 Å². The van der Waals surface area contributed by atoms with Gasteiger partial charge in [-0.25, -0.2) is 8.42 Å². The van der Waals surface area contributed by atoms with Crippen LogP contribution in [-0.4, -0.2) is 15.0 Å². The number of fused-ring (bicyclic) bond motifs is 1. The molecule has 0 atom stereocenters. The van der Waals surface area contributed by atoms with Crippen molar-refractivity contribution in [1.29, 1.82) is 0 Å². The predicted molar refractivity (Wildman–Crippen MR) is 74.6 cm³/mol. The molecule has 1 heterocycles. The van der Waals surface area contributed by atoms with E-state index in [9.17, 15) is 8.42 Å². The van der Waals surface area contributed by atoms with E-state index in [1.54, 1.807) is 24.3 Å². The molecule has 0 saturated carbocycles. The highest BCUT2D eigenvalue weighted by Gasteiger charge is 2.28. The Morgan fingerprint density at radius 1 is 1.05 bits per heavy atom. The zero-order chi connectivity index (χ0) is 13.3. The lowest BCUT2D eigenvalue weighted by Gasteiger charge is -2.30. The van der Waals surface area contributed by atoms with Crippen LogP contribution in [0.2, 0.25) is 0 Å². The Bertz CT molecular complexity index is 680. The Balaban J connectivity index is 2.09. The highest BCUT2D eigenvalue weighted by molar-refractivity contribution is 7.92. The van der Waals surface area contributed by atoms with Crippen LogP contribution in [0.1, 0.15) is 12.0 Å². The third kappa shape index (κ3) is 2.12. The van der Waals surface area contributed by atoms with Gasteiger partial charge in [0.2, 0.25) is 0 Å². The van der Waals surface area contributed by atoms with Crippen molar-refractivity contribution in [2.24, 2.45) is 0 Å². The average molecular weight is 272 g/mol. The van der Waals surface area contributed by atoms with Crippen molar-refractivity contribution in [2.75, 3.05) is 10.8 Å². The highest BCUT2D eigenvalue weighted by Crippen LogP contribution is 2.31. The minimum atomic E-state index is -3.46. The molecule has 19 heavy (non-hydrogen) atoms. The molecule has 0 saturated heterocycles. The SMILES string of the molecule is O=S(=O)(c1cc[c]cc1)N1CCCc2ccccc21. The summed E-state index contributed by atoms with van der Waals surface area (Å²) < 4.78 is 26.8. The van der Waals surface area contributed by atoms with E-state index in [1.807, 2.05) is 24.3 Å². The van der Waals surface area contributed by atoms with Crippen LogP contribution in [0.5, 0.6) is 0 Å². The lowest BCUT2D eigenvalue weighted by atomic mass is 10.0. The van der Waals surface area contributed by atoms with Crippen LogP contribution in [0, 0.1) is 6.07 Å². The van der Waals surface area contributed by atoms with Crippen LogP contribution >= 0.6 is 0 Å². The lowest BCUT2D eigenvalue weighted by Crippen LogP contribution is -2.35. The van der Waals surface area contributed by atoms with Crippen LogP contribution in [0.4, 0.5) is 5.69 Å². The van der Waals surface area contributed by atoms with Crippen molar-refractivity contribution in [2.45, 2.75) is 17.7 Å². The summed E-state index contributed by atoms with van der Waals surface area (Å²) in [6, 6.07) is 17.0. The molecule has 0 N–H and O–H groups in total. The van der Waals surface area contributed by atoms with Crippen LogP contribution in [0.3, 0.4) is 0 Å². The first-order chi connectivity index (χ1) is 9.19. The smallest absolute Gasteiger partial charge is 0.264 e. The first-order valence-corrected chi connectivity index (χ1v) is 7.70. The molecule has 0 spiro atoms. The summed E-state index contributed by atoms with van der Waals surface area (Å²) in [7, 11) is -3.46. The van der Waals surface area contributed by atoms with E-state index >= 15 is 0 Å². The molecule has 3 rings (SSSR count). The second-order valence-corrected chi connectivity index (χ2v) is 6.41. The van der Waals surface area contributed by atoms with Gasteiger partial charge in [-0.3, -0.25) is 4.31 Å². The quantitative estimate of drug-likeness (QED) is 0.842. The third-order valence-electron chi connectivity index (χ3n) is 3.34. The van der Waals surface area contributed by atoms with E-state index in [0.717, 1.165) is 24.1 Å². The summed E-state index contributed by atoms with van der Waals surface area (Å²) >= 11 is 0. The Labute approximate surface area is 113 Å². The molecule has 2 aromatic carbocycles. The zero-order valence-electron chi connectivity index (χ0n) is 10.4. The average Bonchev–Trinajstić information content (AvgIpc) is 2.47. The van der Waals surface area contributed by atoms with Crippen molar-refractivity contribution < 1.29 is 8.42 Å². The molecule has 0 aliphatic carbocycles. The number of nitrogens with zero attached hydrogens (tertiary/aromatic N) is 1. The highest BCUT2D eigenvalue weighted by atomic mass is 32.2. The van der Waals surface area contributed by atoms with Gasteiger partial charge in [0.05, 0.1) is 10.6 Å². The molecule has 0 unspecified atom stereocenters. The summed E-state index contributed by atoms with van der Waals surface area (Å²) in [6.07, 6.45) is 1.79. The molecule has 3 nitrogen and oxygen atoms in total. The number of para-hydroxylation sites is 1. The van der Waals surface area contributed by atoms with Gasteiger partial charge in [0.1, 0.15) is 0 Å². The number of sulfonamides is 1. The fraction of sp³-hybridized carbons (Fsp3) is 0.200. The second kappa shape index (κ2) is 4.70. The van der Waals surface area contributed by atoms with E-state index in [0.29, 0.717) is 11.4 Å². The summed E-state index contributed by atoms with van der Waals surface area (Å²) in [5.41, 5.74) is 1.90. The van der Waals surface area contributed by atoms with E-state index in [-0.39, 0.29) is 0 Å². The van der Waals surface area contributed by atoms with Crippen molar-refractivity contribution in [3.05, 3.63) is 60.2 Å². The first kappa shape index (κ1) is 12.2. The van der Waals surface area contributed by atoms with Crippen molar-refractivity contribution >= 4 is 15.7 Å². The number of rotatable bonds is 2. The van der Waals surface area contributed by atoms with Gasteiger partial charge in [0, 0.05) is 6.54 Å². The Hall–Kier alpha value is -1.81. The number of aryl methyl sites for hydroxylation is 1. The van der Waals surface area contributed by atoms with Crippen LogP contribution in [0.25, 0.3) is 0 Å². The minimum absolute atomic E-state index is 0.322. The lowest BCUT2D eigenvalue weighted by molar-refractivity contribution is 0.586. The van der Waals surface area contributed by atoms with Crippen molar-refractivity contribution in [3.63, 3.8) is 0 Å². The molecule has 0 bridgehead atoms. The maximum atomic E-state index is 12.7. The first-order valence-electron chi connectivity index (χ1n) is 6.26. The topological polar surface area (TPSA) is 37.4 Å². The summed E-state index contributed by atoms with van der Waals surface area (Å²) in [6.45, 7) is 0.540. The fourth-order valence-corrected chi connectivity index (χ4v) is 3.96. The van der Waals surface area contributed by atoms with Crippen LogP contribution < -0.4 is 4.31 Å². The maximum absolute atomic E-state index is 12.7. The number of hydrogen-bond donors (Lipinski definition) is 0. The van der Waals surface area contributed by atoms with E-state index in [4.69, 9.17) is 0 Å². The Morgan fingerprint density at radius 3 is 2.58 bits per heavy atom. The van der Waals surface area contributed by atoms with E-state index in [1.165, 1.54) is 4.31 Å². The largest absolute Gasteiger partial charge is 0.266 e. The summed E-state index contributed by atoms with van der Waals surface area (Å²) in [4.78, 5) is 0.322. The van der Waals surface area contributed by atoms with Gasteiger partial charge in [0.25, 0.3) is 10.0 Å². The fourth-order valence-electron chi connectivity index (χ4n) is 2.42. The van der Waals surface area contributed by atoms with Gasteiger partial charge in [-0.2, -0.15) is 0 Å². The zero-order valence-corrected chi connectivity index (χ0v) is 11.2. The van der Waals surface area contributed by atoms with Crippen LogP contribution in [0.15, 0.2) is 53.4 Å². The summed E-state index contributed by atoms with van der Waals surface area (Å²) in [5.74, 6) is 0. The standard InChI is InChI=1S/C15H14NO2S/c17-19(18,14-9-2-1-3-10-14)16-12-6-8-13-7-4-5-11-15(13)16/h2-5,7,9-11H,6,8,12H2. The maximum Gasteiger partial charge on any atom is 0.264 e. The molecular weight excluding hydrogens is 258 g/mol. The second-order valence-electron chi connectivity index (χ2n) is 4.55. The van der Waals surface area contributed by atoms with Gasteiger partial charge >= 0.3 is 0 Å². The van der Waals surface area contributed by atoms with E-state index in [2.05, 4.69) is 6.07 Å². The van der Waals surface area contributed by atoms with Gasteiger partial charge in [-0.05, 0) is 42.7 Å². The normalized spacial score (nSPS) is 15.1. The van der Waals surface area contributed by atoms with Gasteiger partial charge in [-0.1, -0.05) is 30.3 Å². The van der Waals surface area contributed by atoms with Crippen LogP contribution in [-0.2, 0) is 16.4 Å². The van der Waals surface area contributed by atoms with Crippen molar-refractivity contribution in [3.8, 4) is 0 Å². The molecule has 97 valence electrons. The minimum Gasteiger partial charge on any atom is -0.266 e. The van der Waals surface area contributed by atoms with Gasteiger partial charge in [-0.15, -0.1) is 0 Å². The molecule has 1 aliphatic rings. The molecule has 0 aromatic heterocycles. The third-order valence-corrected chi connectivity index (χ3v) is 5.17.